The minimum Gasteiger partial charge on any atom is -0.468 e. The molecule has 0 saturated carbocycles. The fraction of sp³-hybridized carbons (Fsp3) is 0.500. The lowest BCUT2D eigenvalue weighted by molar-refractivity contribution is -0.191. The fourth-order valence-corrected chi connectivity index (χ4v) is 4.15. The number of nitrogens with zero attached hydrogens (tertiary/aromatic N) is 4. The third-order valence-electron chi connectivity index (χ3n) is 4.98. The highest BCUT2D eigenvalue weighted by atomic mass is 31.1. The summed E-state index contributed by atoms with van der Waals surface area (Å²) in [6.07, 6.45) is -1.92. The predicted octanol–water partition coefficient (Wildman–Crippen LogP) is 0.314. The summed E-state index contributed by atoms with van der Waals surface area (Å²) < 4.78 is 39.9. The number of nitrogen functional groups attached to an aromatic ring is 1. The van der Waals surface area contributed by atoms with Crippen LogP contribution in [0.15, 0.2) is 18.5 Å². The van der Waals surface area contributed by atoms with Gasteiger partial charge in [-0.15, -0.1) is 0 Å². The van der Waals surface area contributed by atoms with Crippen LogP contribution in [0, 0.1) is 11.3 Å². The minimum atomic E-state index is -3.12. The molecule has 5 atom stereocenters. The van der Waals surface area contributed by atoms with Crippen molar-refractivity contribution in [2.75, 3.05) is 26.6 Å². The van der Waals surface area contributed by atoms with E-state index in [1.807, 2.05) is 6.07 Å². The van der Waals surface area contributed by atoms with Gasteiger partial charge < -0.3 is 29.2 Å². The van der Waals surface area contributed by atoms with Gasteiger partial charge >= 0.3 is 17.9 Å². The highest BCUT2D eigenvalue weighted by Gasteiger charge is 2.50. The van der Waals surface area contributed by atoms with Gasteiger partial charge in [-0.2, -0.15) is 10.4 Å². The summed E-state index contributed by atoms with van der Waals surface area (Å²) in [5, 5.41) is 16.6. The quantitative estimate of drug-likeness (QED) is 0.217. The molecule has 2 rings (SSSR count). The Hall–Kier alpha value is -3.57. The Morgan fingerprint density at radius 2 is 1.92 bits per heavy atom. The second-order valence-corrected chi connectivity index (χ2v) is 8.58. The van der Waals surface area contributed by atoms with Gasteiger partial charge in [0.15, 0.2) is 18.0 Å². The molecular weight excluding hydrogens is 499 g/mol. The number of aromatic nitrogens is 3. The molecule has 0 aromatic carbocycles. The van der Waals surface area contributed by atoms with Crippen LogP contribution in [0.4, 0.5) is 5.82 Å². The molecule has 196 valence electrons. The van der Waals surface area contributed by atoms with E-state index in [0.717, 1.165) is 34.4 Å². The predicted molar refractivity (Wildman–Crippen MR) is 122 cm³/mol. The van der Waals surface area contributed by atoms with Crippen LogP contribution in [0.3, 0.4) is 0 Å². The van der Waals surface area contributed by atoms with Crippen molar-refractivity contribution >= 4 is 37.4 Å². The highest BCUT2D eigenvalue weighted by molar-refractivity contribution is 7.36. The summed E-state index contributed by atoms with van der Waals surface area (Å²) in [6, 6.07) is 3.92. The first kappa shape index (κ1) is 28.7. The Morgan fingerprint density at radius 1 is 1.25 bits per heavy atom. The third kappa shape index (κ3) is 6.55. The summed E-state index contributed by atoms with van der Waals surface area (Å²) in [6.45, 7) is 2.88. The molecule has 0 fully saturated rings. The number of carbonyl (C=O) groups is 3. The van der Waals surface area contributed by atoms with Gasteiger partial charge in [0.05, 0.1) is 12.8 Å². The molecule has 16 heteroatoms. The number of ether oxygens (including phenoxy) is 4. The van der Waals surface area contributed by atoms with E-state index in [0.29, 0.717) is 5.52 Å². The van der Waals surface area contributed by atoms with Gasteiger partial charge in [-0.3, -0.25) is 18.9 Å². The molecule has 15 nitrogen and oxygen atoms in total. The van der Waals surface area contributed by atoms with Crippen LogP contribution in [-0.4, -0.2) is 71.1 Å². The Kier molecular flexibility index (Phi) is 9.88. The van der Waals surface area contributed by atoms with Crippen LogP contribution in [0.25, 0.3) is 5.52 Å². The number of rotatable bonds is 12. The number of nitrogens with two attached hydrogens (primary N) is 1. The fourth-order valence-electron chi connectivity index (χ4n) is 3.25. The number of fused-ring (bicyclic) bond motifs is 1. The average Bonchev–Trinajstić information content (AvgIpc) is 3.27. The number of esters is 3. The van der Waals surface area contributed by atoms with Crippen molar-refractivity contribution in [3.8, 4) is 6.07 Å². The second-order valence-electron chi connectivity index (χ2n) is 7.43. The topological polar surface area (TPSA) is 206 Å². The zero-order valence-corrected chi connectivity index (χ0v) is 21.2. The van der Waals surface area contributed by atoms with Crippen LogP contribution in [0.5, 0.6) is 0 Å². The number of anilines is 1. The van der Waals surface area contributed by atoms with Crippen molar-refractivity contribution in [1.29, 1.82) is 5.26 Å². The number of nitrogens with one attached hydrogen (secondary N) is 1. The Bertz CT molecular complexity index is 1180. The van der Waals surface area contributed by atoms with E-state index in [4.69, 9.17) is 24.5 Å². The molecule has 3 N–H and O–H groups in total. The maximum absolute atomic E-state index is 12.4. The second kappa shape index (κ2) is 12.4. The van der Waals surface area contributed by atoms with Gasteiger partial charge in [-0.05, 0) is 19.1 Å². The molecule has 0 aliphatic heterocycles. The standard InChI is InChI=1S/C20H27N6O9P/c1-11(19(29)31-4)25-36(30)33-9-20(8-21,32-5)17(35-13(3)28)16(34-12(2)27)14-6-7-15-18(22)23-10-24-26(14)15/h6-7,10-11,16-17,36H,9H2,1-5H3,(H,25,30)(H2,22,23,24)/t11-,16-,17-,20+/m0/s1. The Labute approximate surface area is 206 Å². The molecule has 0 spiro atoms. The summed E-state index contributed by atoms with van der Waals surface area (Å²) in [5.74, 6) is -2.19. The lowest BCUT2D eigenvalue weighted by atomic mass is 9.92. The van der Waals surface area contributed by atoms with Crippen molar-refractivity contribution in [2.45, 2.75) is 44.6 Å². The van der Waals surface area contributed by atoms with E-state index in [9.17, 15) is 24.2 Å². The van der Waals surface area contributed by atoms with Crippen molar-refractivity contribution < 1.29 is 42.4 Å². The molecule has 2 aromatic rings. The zero-order valence-electron chi connectivity index (χ0n) is 20.2. The van der Waals surface area contributed by atoms with E-state index in [1.165, 1.54) is 17.5 Å². The monoisotopic (exact) mass is 526 g/mol. The molecule has 0 radical (unpaired) electrons. The first-order valence-electron chi connectivity index (χ1n) is 10.4. The van der Waals surface area contributed by atoms with E-state index >= 15 is 0 Å². The minimum absolute atomic E-state index is 0.118. The van der Waals surface area contributed by atoms with Gasteiger partial charge in [0, 0.05) is 21.0 Å². The summed E-state index contributed by atoms with van der Waals surface area (Å²) >= 11 is 0. The van der Waals surface area contributed by atoms with Gasteiger partial charge in [0.2, 0.25) is 5.60 Å². The summed E-state index contributed by atoms with van der Waals surface area (Å²) in [5.41, 5.74) is 4.27. The SMILES string of the molecule is COC(=O)[C@H](C)N[PH](=O)OC[C@@](C#N)(OC)[C@@H](OC(C)=O)[C@@H](OC(C)=O)c1ccc2c(N)ncnn12. The normalized spacial score (nSPS) is 16.1. The molecular formula is C20H27N6O9P. The van der Waals surface area contributed by atoms with Crippen molar-refractivity contribution in [3.05, 3.63) is 24.2 Å². The lowest BCUT2D eigenvalue weighted by Gasteiger charge is -2.36. The smallest absolute Gasteiger partial charge is 0.322 e. The maximum Gasteiger partial charge on any atom is 0.322 e. The lowest BCUT2D eigenvalue weighted by Crippen LogP contribution is -2.52. The molecule has 2 heterocycles. The number of nitriles is 1. The first-order valence-corrected chi connectivity index (χ1v) is 11.7. The first-order chi connectivity index (χ1) is 17.0. The van der Waals surface area contributed by atoms with Crippen LogP contribution < -0.4 is 10.8 Å². The van der Waals surface area contributed by atoms with E-state index in [-0.39, 0.29) is 11.5 Å². The number of hydrogen-bond donors (Lipinski definition) is 2. The largest absolute Gasteiger partial charge is 0.468 e. The number of methoxy groups -OCH3 is 2. The van der Waals surface area contributed by atoms with Crippen LogP contribution in [0.2, 0.25) is 0 Å². The maximum atomic E-state index is 12.4. The molecule has 0 aliphatic rings. The summed E-state index contributed by atoms with van der Waals surface area (Å²) in [7, 11) is -0.830. The number of carbonyl (C=O) groups excluding carboxylic acids is 3. The van der Waals surface area contributed by atoms with Crippen LogP contribution in [-0.2, 0) is 42.4 Å². The molecule has 1 unspecified atom stereocenters. The van der Waals surface area contributed by atoms with E-state index in [1.54, 1.807) is 6.07 Å². The molecule has 2 aromatic heterocycles. The average molecular weight is 526 g/mol. The number of hydrogen-bond acceptors (Lipinski definition) is 13. The molecule has 0 saturated heterocycles. The van der Waals surface area contributed by atoms with Crippen LogP contribution >= 0.6 is 8.18 Å². The Morgan fingerprint density at radius 3 is 2.47 bits per heavy atom. The molecule has 36 heavy (non-hydrogen) atoms. The van der Waals surface area contributed by atoms with Crippen molar-refractivity contribution in [3.63, 3.8) is 0 Å². The Balaban J connectivity index is 2.51. The van der Waals surface area contributed by atoms with E-state index < -0.39 is 56.5 Å². The van der Waals surface area contributed by atoms with E-state index in [2.05, 4.69) is 19.9 Å². The third-order valence-corrected chi connectivity index (χ3v) is 6.06. The van der Waals surface area contributed by atoms with Crippen molar-refractivity contribution in [2.24, 2.45) is 0 Å². The molecule has 0 bridgehead atoms. The molecule has 0 aliphatic carbocycles. The van der Waals surface area contributed by atoms with Gasteiger partial charge in [0.25, 0.3) is 8.18 Å². The highest BCUT2D eigenvalue weighted by Crippen LogP contribution is 2.36. The zero-order chi connectivity index (χ0) is 27.0. The van der Waals surface area contributed by atoms with Gasteiger partial charge in [-0.25, -0.2) is 14.6 Å². The van der Waals surface area contributed by atoms with Gasteiger partial charge in [-0.1, -0.05) is 0 Å². The van der Waals surface area contributed by atoms with Crippen molar-refractivity contribution in [1.82, 2.24) is 19.7 Å². The van der Waals surface area contributed by atoms with Gasteiger partial charge in [0.1, 0.15) is 30.6 Å². The molecule has 0 amide bonds. The van der Waals surface area contributed by atoms with Crippen LogP contribution in [0.1, 0.15) is 32.6 Å². The summed E-state index contributed by atoms with van der Waals surface area (Å²) in [4.78, 5) is 39.6.